The molecule has 3 aromatic rings. The van der Waals surface area contributed by atoms with Gasteiger partial charge in [-0.1, -0.05) is 39.0 Å². The molecule has 0 saturated heterocycles. The highest BCUT2D eigenvalue weighted by Crippen LogP contribution is 2.35. The van der Waals surface area contributed by atoms with Gasteiger partial charge in [-0.15, -0.1) is 0 Å². The van der Waals surface area contributed by atoms with Crippen LogP contribution < -0.4 is 10.6 Å². The maximum absolute atomic E-state index is 13.4. The lowest BCUT2D eigenvalue weighted by Gasteiger charge is -2.19. The zero-order valence-corrected chi connectivity index (χ0v) is 18.3. The standard InChI is InChI=1S/C21H20F3IN4/c1-20(2,3)13-7-9-15(10-8-13)28-19-26-12-17(21(22,23)24)18(29-19)27-16-6-4-5-14(25)11-16/h4-12H,1-3H3,(H2,26,27,28,29). The molecule has 2 aromatic carbocycles. The molecule has 0 aliphatic heterocycles. The second-order valence-corrected chi connectivity index (χ2v) is 8.79. The van der Waals surface area contributed by atoms with Crippen molar-refractivity contribution < 1.29 is 13.2 Å². The van der Waals surface area contributed by atoms with Crippen LogP contribution in [0.15, 0.2) is 54.7 Å². The van der Waals surface area contributed by atoms with Gasteiger partial charge in [0.15, 0.2) is 0 Å². The molecule has 8 heteroatoms. The molecule has 3 rings (SSSR count). The van der Waals surface area contributed by atoms with E-state index in [1.54, 1.807) is 18.2 Å². The van der Waals surface area contributed by atoms with Crippen LogP contribution in [0.25, 0.3) is 0 Å². The van der Waals surface area contributed by atoms with Gasteiger partial charge in [-0.3, -0.25) is 0 Å². The molecule has 0 aliphatic rings. The third kappa shape index (κ3) is 5.59. The number of rotatable bonds is 4. The summed E-state index contributed by atoms with van der Waals surface area (Å²) in [6, 6.07) is 14.7. The number of aromatic nitrogens is 2. The van der Waals surface area contributed by atoms with E-state index in [2.05, 4.69) is 64.0 Å². The van der Waals surface area contributed by atoms with E-state index in [0.29, 0.717) is 11.4 Å². The molecule has 0 aliphatic carbocycles. The number of benzene rings is 2. The Morgan fingerprint density at radius 2 is 1.59 bits per heavy atom. The Kier molecular flexibility index (Phi) is 6.02. The zero-order chi connectivity index (χ0) is 21.2. The fourth-order valence-corrected chi connectivity index (χ4v) is 3.17. The molecule has 4 nitrogen and oxygen atoms in total. The van der Waals surface area contributed by atoms with Crippen molar-refractivity contribution in [2.75, 3.05) is 10.6 Å². The second-order valence-electron chi connectivity index (χ2n) is 7.54. The number of nitrogens with one attached hydrogen (secondary N) is 2. The van der Waals surface area contributed by atoms with Crippen molar-refractivity contribution in [3.05, 3.63) is 69.4 Å². The van der Waals surface area contributed by atoms with Crippen LogP contribution in [0, 0.1) is 3.57 Å². The first-order valence-electron chi connectivity index (χ1n) is 8.87. The molecule has 1 aromatic heterocycles. The third-order valence-corrected chi connectivity index (χ3v) is 4.86. The first-order valence-corrected chi connectivity index (χ1v) is 9.95. The minimum absolute atomic E-state index is 0.00761. The van der Waals surface area contributed by atoms with Crippen molar-refractivity contribution >= 4 is 45.7 Å². The highest BCUT2D eigenvalue weighted by atomic mass is 127. The fourth-order valence-electron chi connectivity index (χ4n) is 2.63. The van der Waals surface area contributed by atoms with Gasteiger partial charge in [-0.25, -0.2) is 4.98 Å². The predicted octanol–water partition coefficient (Wildman–Crippen LogP) is 6.88. The van der Waals surface area contributed by atoms with Gasteiger partial charge in [0.1, 0.15) is 11.4 Å². The number of nitrogens with zero attached hydrogens (tertiary/aromatic N) is 2. The van der Waals surface area contributed by atoms with Crippen LogP contribution in [-0.2, 0) is 11.6 Å². The fraction of sp³-hybridized carbons (Fsp3) is 0.238. The Balaban J connectivity index is 1.90. The molecule has 0 atom stereocenters. The Labute approximate surface area is 181 Å². The lowest BCUT2D eigenvalue weighted by molar-refractivity contribution is -0.137. The van der Waals surface area contributed by atoms with Crippen LogP contribution in [0.4, 0.5) is 36.3 Å². The molecule has 2 N–H and O–H groups in total. The van der Waals surface area contributed by atoms with Gasteiger partial charge in [0.25, 0.3) is 0 Å². The summed E-state index contributed by atoms with van der Waals surface area (Å²) < 4.78 is 41.1. The highest BCUT2D eigenvalue weighted by Gasteiger charge is 2.35. The SMILES string of the molecule is CC(C)(C)c1ccc(Nc2ncc(C(F)(F)F)c(Nc3cccc(I)c3)n2)cc1. The van der Waals surface area contributed by atoms with Crippen LogP contribution in [0.1, 0.15) is 31.9 Å². The molecule has 29 heavy (non-hydrogen) atoms. The summed E-state index contributed by atoms with van der Waals surface area (Å²) in [4.78, 5) is 7.92. The number of anilines is 4. The van der Waals surface area contributed by atoms with Gasteiger partial charge >= 0.3 is 6.18 Å². The maximum atomic E-state index is 13.4. The van der Waals surface area contributed by atoms with Crippen LogP contribution >= 0.6 is 22.6 Å². The molecule has 152 valence electrons. The van der Waals surface area contributed by atoms with Crippen molar-refractivity contribution in [3.8, 4) is 0 Å². The van der Waals surface area contributed by atoms with Crippen molar-refractivity contribution in [1.29, 1.82) is 0 Å². The van der Waals surface area contributed by atoms with Crippen molar-refractivity contribution in [3.63, 3.8) is 0 Å². The van der Waals surface area contributed by atoms with Crippen LogP contribution in [-0.4, -0.2) is 9.97 Å². The monoisotopic (exact) mass is 512 g/mol. The smallest absolute Gasteiger partial charge is 0.340 e. The van der Waals surface area contributed by atoms with Gasteiger partial charge < -0.3 is 10.6 Å². The summed E-state index contributed by atoms with van der Waals surface area (Å²) in [6.45, 7) is 6.32. The van der Waals surface area contributed by atoms with Crippen molar-refractivity contribution in [2.45, 2.75) is 32.4 Å². The molecule has 0 saturated carbocycles. The molecular formula is C21H20F3IN4. The van der Waals surface area contributed by atoms with Crippen LogP contribution in [0.5, 0.6) is 0 Å². The van der Waals surface area contributed by atoms with E-state index >= 15 is 0 Å². The summed E-state index contributed by atoms with van der Waals surface area (Å²) in [7, 11) is 0. The molecule has 0 unspecified atom stereocenters. The van der Waals surface area contributed by atoms with Gasteiger partial charge in [0.05, 0.1) is 0 Å². The van der Waals surface area contributed by atoms with Gasteiger partial charge in [-0.05, 0) is 63.9 Å². The number of alkyl halides is 3. The normalized spacial score (nSPS) is 12.0. The molecule has 0 radical (unpaired) electrons. The maximum Gasteiger partial charge on any atom is 0.421 e. The van der Waals surface area contributed by atoms with Gasteiger partial charge in [-0.2, -0.15) is 18.2 Å². The van der Waals surface area contributed by atoms with E-state index in [1.807, 2.05) is 30.3 Å². The lowest BCUT2D eigenvalue weighted by Crippen LogP contribution is -2.13. The lowest BCUT2D eigenvalue weighted by atomic mass is 9.87. The van der Waals surface area contributed by atoms with E-state index in [0.717, 1.165) is 15.3 Å². The highest BCUT2D eigenvalue weighted by molar-refractivity contribution is 14.1. The van der Waals surface area contributed by atoms with Gasteiger partial charge in [0, 0.05) is 21.1 Å². The quantitative estimate of drug-likeness (QED) is 0.374. The van der Waals surface area contributed by atoms with Crippen molar-refractivity contribution in [2.24, 2.45) is 0 Å². The average Bonchev–Trinajstić information content (AvgIpc) is 2.60. The number of hydrogen-bond acceptors (Lipinski definition) is 4. The van der Waals surface area contributed by atoms with E-state index < -0.39 is 11.7 Å². The largest absolute Gasteiger partial charge is 0.421 e. The van der Waals surface area contributed by atoms with E-state index in [-0.39, 0.29) is 17.2 Å². The molecular weight excluding hydrogens is 492 g/mol. The first kappa shape index (κ1) is 21.4. The van der Waals surface area contributed by atoms with E-state index in [4.69, 9.17) is 0 Å². The van der Waals surface area contributed by atoms with E-state index in [9.17, 15) is 13.2 Å². The van der Waals surface area contributed by atoms with Crippen LogP contribution in [0.3, 0.4) is 0 Å². The molecule has 0 bridgehead atoms. The summed E-state index contributed by atoms with van der Waals surface area (Å²) in [5, 5.41) is 5.73. The number of halogens is 4. The summed E-state index contributed by atoms with van der Waals surface area (Å²) in [5.41, 5.74) is 1.44. The average molecular weight is 512 g/mol. The molecule has 0 spiro atoms. The van der Waals surface area contributed by atoms with Crippen LogP contribution in [0.2, 0.25) is 0 Å². The minimum Gasteiger partial charge on any atom is -0.340 e. The van der Waals surface area contributed by atoms with Gasteiger partial charge in [0.2, 0.25) is 5.95 Å². The van der Waals surface area contributed by atoms with E-state index in [1.165, 1.54) is 0 Å². The topological polar surface area (TPSA) is 49.8 Å². The summed E-state index contributed by atoms with van der Waals surface area (Å²) in [5.74, 6) is -0.224. The molecule has 1 heterocycles. The minimum atomic E-state index is -4.57. The predicted molar refractivity (Wildman–Crippen MR) is 118 cm³/mol. The Hall–Kier alpha value is -2.36. The Morgan fingerprint density at radius 1 is 0.897 bits per heavy atom. The Bertz CT molecular complexity index is 996. The second kappa shape index (κ2) is 8.17. The molecule has 0 amide bonds. The molecule has 0 fully saturated rings. The summed E-state index contributed by atoms with van der Waals surface area (Å²) in [6.07, 6.45) is -3.79. The zero-order valence-electron chi connectivity index (χ0n) is 16.1. The third-order valence-electron chi connectivity index (χ3n) is 4.19. The van der Waals surface area contributed by atoms with Crippen molar-refractivity contribution in [1.82, 2.24) is 9.97 Å². The summed E-state index contributed by atoms with van der Waals surface area (Å²) >= 11 is 2.10. The Morgan fingerprint density at radius 3 is 2.17 bits per heavy atom. The first-order chi connectivity index (χ1) is 13.5. The number of hydrogen-bond donors (Lipinski definition) is 2.